The van der Waals surface area contributed by atoms with Crippen LogP contribution in [0.3, 0.4) is 0 Å². The van der Waals surface area contributed by atoms with Crippen LogP contribution in [-0.2, 0) is 9.53 Å². The average Bonchev–Trinajstić information content (AvgIpc) is 1.86. The average molecular weight is 158 g/mol. The predicted molar refractivity (Wildman–Crippen MR) is 45.6 cm³/mol. The molecule has 0 aromatic heterocycles. The second kappa shape index (κ2) is 5.30. The summed E-state index contributed by atoms with van der Waals surface area (Å²) in [5.41, 5.74) is 0. The molecule has 66 valence electrons. The molecule has 11 heavy (non-hydrogen) atoms. The van der Waals surface area contributed by atoms with Gasteiger partial charge in [0, 0.05) is 13.0 Å². The van der Waals surface area contributed by atoms with E-state index in [-0.39, 0.29) is 11.9 Å². The summed E-state index contributed by atoms with van der Waals surface area (Å²) in [4.78, 5) is 11.2. The second-order valence-electron chi connectivity index (χ2n) is 3.16. The molecule has 1 unspecified atom stereocenters. The van der Waals surface area contributed by atoms with Crippen LogP contribution in [0, 0.1) is 5.92 Å². The van der Waals surface area contributed by atoms with Gasteiger partial charge in [-0.1, -0.05) is 13.8 Å². The molecule has 1 atom stereocenters. The molecule has 0 fully saturated rings. The van der Waals surface area contributed by atoms with Gasteiger partial charge in [0.15, 0.2) is 5.78 Å². The highest BCUT2D eigenvalue weighted by Crippen LogP contribution is 2.04. The van der Waals surface area contributed by atoms with Crippen molar-refractivity contribution in [2.24, 2.45) is 5.92 Å². The van der Waals surface area contributed by atoms with Crippen LogP contribution in [0.25, 0.3) is 0 Å². The number of Topliss-reactive ketones (excluding diaryl/α,β-unsaturated/α-hetero) is 1. The lowest BCUT2D eigenvalue weighted by atomic mass is 10.0. The van der Waals surface area contributed by atoms with Crippen LogP contribution < -0.4 is 0 Å². The Morgan fingerprint density at radius 1 is 1.36 bits per heavy atom. The molecule has 0 bridgehead atoms. The molecule has 0 aromatic carbocycles. The maximum absolute atomic E-state index is 11.2. The third-order valence-corrected chi connectivity index (χ3v) is 1.48. The number of carbonyl (C=O) groups excluding carboxylic acids is 1. The fraction of sp³-hybridized carbons (Fsp3) is 0.889. The molecule has 0 amide bonds. The smallest absolute Gasteiger partial charge is 0.161 e. The van der Waals surface area contributed by atoms with Gasteiger partial charge in [-0.25, -0.2) is 0 Å². The first-order chi connectivity index (χ1) is 5.07. The minimum atomic E-state index is -0.220. The van der Waals surface area contributed by atoms with Crippen molar-refractivity contribution in [2.75, 3.05) is 6.61 Å². The van der Waals surface area contributed by atoms with E-state index in [1.54, 1.807) is 0 Å². The summed E-state index contributed by atoms with van der Waals surface area (Å²) >= 11 is 0. The van der Waals surface area contributed by atoms with Gasteiger partial charge < -0.3 is 4.74 Å². The fourth-order valence-electron chi connectivity index (χ4n) is 0.911. The number of hydrogen-bond acceptors (Lipinski definition) is 2. The van der Waals surface area contributed by atoms with Crippen molar-refractivity contribution in [1.29, 1.82) is 0 Å². The van der Waals surface area contributed by atoms with Gasteiger partial charge in [-0.3, -0.25) is 4.79 Å². The number of ketones is 1. The van der Waals surface area contributed by atoms with E-state index in [1.807, 2.05) is 27.7 Å². The number of hydrogen-bond donors (Lipinski definition) is 0. The lowest BCUT2D eigenvalue weighted by molar-refractivity contribution is -0.129. The van der Waals surface area contributed by atoms with E-state index in [9.17, 15) is 4.79 Å². The molecular weight excluding hydrogens is 140 g/mol. The van der Waals surface area contributed by atoms with Crippen molar-refractivity contribution in [1.82, 2.24) is 0 Å². The Morgan fingerprint density at radius 2 is 1.91 bits per heavy atom. The van der Waals surface area contributed by atoms with Crippen LogP contribution >= 0.6 is 0 Å². The third kappa shape index (κ3) is 4.96. The molecule has 0 aliphatic heterocycles. The fourth-order valence-corrected chi connectivity index (χ4v) is 0.911. The van der Waals surface area contributed by atoms with E-state index in [1.165, 1.54) is 0 Å². The van der Waals surface area contributed by atoms with Gasteiger partial charge in [0.1, 0.15) is 6.10 Å². The van der Waals surface area contributed by atoms with Crippen LogP contribution in [0.4, 0.5) is 0 Å². The molecule has 0 rings (SSSR count). The standard InChI is InChI=1S/C9H18O2/c1-5-11-8(4)9(10)6-7(2)3/h7-8H,5-6H2,1-4H3. The van der Waals surface area contributed by atoms with Crippen molar-refractivity contribution in [3.8, 4) is 0 Å². The lowest BCUT2D eigenvalue weighted by Gasteiger charge is -2.11. The van der Waals surface area contributed by atoms with Crippen molar-refractivity contribution in [2.45, 2.75) is 40.2 Å². The van der Waals surface area contributed by atoms with Crippen LogP contribution in [0.1, 0.15) is 34.1 Å². The van der Waals surface area contributed by atoms with E-state index < -0.39 is 0 Å². The zero-order valence-corrected chi connectivity index (χ0v) is 7.89. The van der Waals surface area contributed by atoms with E-state index in [0.29, 0.717) is 18.9 Å². The highest BCUT2D eigenvalue weighted by molar-refractivity contribution is 5.82. The molecule has 0 saturated heterocycles. The molecule has 2 heteroatoms. The Labute approximate surface area is 68.9 Å². The minimum absolute atomic E-state index is 0.210. The van der Waals surface area contributed by atoms with Crippen LogP contribution in [0.5, 0.6) is 0 Å². The first-order valence-electron chi connectivity index (χ1n) is 4.22. The Hall–Kier alpha value is -0.370. The van der Waals surface area contributed by atoms with Gasteiger partial charge in [-0.2, -0.15) is 0 Å². The van der Waals surface area contributed by atoms with E-state index >= 15 is 0 Å². The molecule has 0 radical (unpaired) electrons. The molecule has 0 spiro atoms. The maximum atomic E-state index is 11.2. The monoisotopic (exact) mass is 158 g/mol. The summed E-state index contributed by atoms with van der Waals surface area (Å²) in [6.45, 7) is 8.41. The number of ether oxygens (including phenoxy) is 1. The zero-order valence-electron chi connectivity index (χ0n) is 7.89. The van der Waals surface area contributed by atoms with Crippen molar-refractivity contribution in [3.63, 3.8) is 0 Å². The highest BCUT2D eigenvalue weighted by atomic mass is 16.5. The summed E-state index contributed by atoms with van der Waals surface area (Å²) in [7, 11) is 0. The molecule has 0 heterocycles. The Kier molecular flexibility index (Phi) is 5.12. The normalized spacial score (nSPS) is 13.5. The van der Waals surface area contributed by atoms with Gasteiger partial charge >= 0.3 is 0 Å². The summed E-state index contributed by atoms with van der Waals surface area (Å²) in [5.74, 6) is 0.646. The summed E-state index contributed by atoms with van der Waals surface area (Å²) < 4.78 is 5.15. The zero-order chi connectivity index (χ0) is 8.85. The van der Waals surface area contributed by atoms with Gasteiger partial charge in [-0.15, -0.1) is 0 Å². The molecule has 0 aromatic rings. The third-order valence-electron chi connectivity index (χ3n) is 1.48. The molecule has 0 N–H and O–H groups in total. The van der Waals surface area contributed by atoms with Gasteiger partial charge in [0.25, 0.3) is 0 Å². The minimum Gasteiger partial charge on any atom is -0.371 e. The molecule has 2 nitrogen and oxygen atoms in total. The van der Waals surface area contributed by atoms with E-state index in [0.717, 1.165) is 0 Å². The topological polar surface area (TPSA) is 26.3 Å². The Balaban J connectivity index is 3.64. The number of rotatable bonds is 5. The van der Waals surface area contributed by atoms with Crippen molar-refractivity contribution >= 4 is 5.78 Å². The van der Waals surface area contributed by atoms with Gasteiger partial charge in [0.2, 0.25) is 0 Å². The molecule has 0 aliphatic carbocycles. The predicted octanol–water partition coefficient (Wildman–Crippen LogP) is 2.03. The molecule has 0 aliphatic rings. The Bertz CT molecular complexity index is 119. The lowest BCUT2D eigenvalue weighted by Crippen LogP contribution is -2.21. The van der Waals surface area contributed by atoms with Crippen molar-refractivity contribution in [3.05, 3.63) is 0 Å². The SMILES string of the molecule is CCOC(C)C(=O)CC(C)C. The molecule has 0 saturated carbocycles. The first kappa shape index (κ1) is 10.6. The highest BCUT2D eigenvalue weighted by Gasteiger charge is 2.13. The Morgan fingerprint density at radius 3 is 2.27 bits per heavy atom. The first-order valence-corrected chi connectivity index (χ1v) is 4.22. The number of carbonyl (C=O) groups is 1. The summed E-state index contributed by atoms with van der Waals surface area (Å²) in [6, 6.07) is 0. The maximum Gasteiger partial charge on any atom is 0.161 e. The van der Waals surface area contributed by atoms with Crippen molar-refractivity contribution < 1.29 is 9.53 Å². The quantitative estimate of drug-likeness (QED) is 0.612. The van der Waals surface area contributed by atoms with Crippen LogP contribution in [0.2, 0.25) is 0 Å². The molecular formula is C9H18O2. The van der Waals surface area contributed by atoms with Crippen LogP contribution in [-0.4, -0.2) is 18.5 Å². The van der Waals surface area contributed by atoms with Gasteiger partial charge in [0.05, 0.1) is 0 Å². The summed E-state index contributed by atoms with van der Waals surface area (Å²) in [6.07, 6.45) is 0.406. The van der Waals surface area contributed by atoms with Crippen LogP contribution in [0.15, 0.2) is 0 Å². The van der Waals surface area contributed by atoms with Gasteiger partial charge in [-0.05, 0) is 19.8 Å². The second-order valence-corrected chi connectivity index (χ2v) is 3.16. The van der Waals surface area contributed by atoms with E-state index in [4.69, 9.17) is 4.74 Å². The largest absolute Gasteiger partial charge is 0.371 e. The van der Waals surface area contributed by atoms with E-state index in [2.05, 4.69) is 0 Å². The summed E-state index contributed by atoms with van der Waals surface area (Å²) in [5, 5.41) is 0.